The minimum absolute atomic E-state index is 0.581. The maximum Gasteiger partial charge on any atom is 0.229 e. The minimum atomic E-state index is -3.29. The molecule has 132 valence electrons. The van der Waals surface area contributed by atoms with Gasteiger partial charge in [0.1, 0.15) is 0 Å². The largest absolute Gasteiger partial charge is 0.358 e. The second-order valence-corrected chi connectivity index (χ2v) is 8.97. The fourth-order valence-corrected chi connectivity index (χ4v) is 4.61. The van der Waals surface area contributed by atoms with Crippen molar-refractivity contribution < 1.29 is 8.42 Å². The summed E-state index contributed by atoms with van der Waals surface area (Å²) >= 11 is 1.74. The van der Waals surface area contributed by atoms with E-state index in [9.17, 15) is 8.42 Å². The van der Waals surface area contributed by atoms with Crippen LogP contribution in [0.5, 0.6) is 0 Å². The van der Waals surface area contributed by atoms with Crippen LogP contribution in [0.2, 0.25) is 0 Å². The number of benzene rings is 2. The molecule has 0 amide bonds. The molecule has 0 bridgehead atoms. The molecule has 1 aromatic heterocycles. The van der Waals surface area contributed by atoms with E-state index in [0.29, 0.717) is 5.69 Å². The average Bonchev–Trinajstić information content (AvgIpc) is 2.84. The predicted molar refractivity (Wildman–Crippen MR) is 106 cm³/mol. The number of rotatable bonds is 6. The lowest BCUT2D eigenvalue weighted by Gasteiger charge is -2.09. The SMILES string of the molecule is CCCc1ccccc1Sc1c(C)[nH]c2ccc(NS(C)(=O)=O)cc12. The summed E-state index contributed by atoms with van der Waals surface area (Å²) in [6, 6.07) is 14.0. The molecular formula is C19H22N2O2S2. The highest BCUT2D eigenvalue weighted by atomic mass is 32.2. The molecule has 6 heteroatoms. The summed E-state index contributed by atoms with van der Waals surface area (Å²) in [4.78, 5) is 5.77. The van der Waals surface area contributed by atoms with Gasteiger partial charge in [-0.2, -0.15) is 0 Å². The quantitative estimate of drug-likeness (QED) is 0.641. The number of aromatic amines is 1. The van der Waals surface area contributed by atoms with Crippen molar-refractivity contribution in [2.45, 2.75) is 36.5 Å². The first-order valence-electron chi connectivity index (χ1n) is 8.23. The van der Waals surface area contributed by atoms with E-state index in [1.54, 1.807) is 17.8 Å². The first-order chi connectivity index (χ1) is 11.9. The van der Waals surface area contributed by atoms with Crippen LogP contribution in [-0.4, -0.2) is 19.7 Å². The Balaban J connectivity index is 2.04. The Morgan fingerprint density at radius 1 is 1.16 bits per heavy atom. The zero-order chi connectivity index (χ0) is 18.0. The number of fused-ring (bicyclic) bond motifs is 1. The standard InChI is InChI=1S/C19H22N2O2S2/c1-4-7-14-8-5-6-9-18(14)24-19-13(2)20-17-11-10-15(12-16(17)19)21-25(3,22)23/h5-6,8-12,20-21H,4,7H2,1-3H3. The molecule has 0 saturated heterocycles. The van der Waals surface area contributed by atoms with E-state index in [0.717, 1.165) is 40.6 Å². The van der Waals surface area contributed by atoms with Crippen molar-refractivity contribution in [2.24, 2.45) is 0 Å². The molecule has 0 saturated carbocycles. The minimum Gasteiger partial charge on any atom is -0.358 e. The van der Waals surface area contributed by atoms with Gasteiger partial charge in [0.2, 0.25) is 10.0 Å². The van der Waals surface area contributed by atoms with Crippen LogP contribution in [0.3, 0.4) is 0 Å². The smallest absolute Gasteiger partial charge is 0.229 e. The van der Waals surface area contributed by atoms with Gasteiger partial charge in [0.15, 0.2) is 0 Å². The van der Waals surface area contributed by atoms with Gasteiger partial charge in [-0.05, 0) is 43.2 Å². The lowest BCUT2D eigenvalue weighted by Crippen LogP contribution is -2.09. The Bertz CT molecular complexity index is 1010. The van der Waals surface area contributed by atoms with Gasteiger partial charge in [-0.25, -0.2) is 8.42 Å². The topological polar surface area (TPSA) is 62.0 Å². The van der Waals surface area contributed by atoms with Crippen LogP contribution in [0.4, 0.5) is 5.69 Å². The third kappa shape index (κ3) is 4.19. The van der Waals surface area contributed by atoms with Crippen molar-refractivity contribution in [3.63, 3.8) is 0 Å². The molecule has 3 aromatic rings. The van der Waals surface area contributed by atoms with Gasteiger partial charge in [-0.15, -0.1) is 0 Å². The number of H-pyrrole nitrogens is 1. The summed E-state index contributed by atoms with van der Waals surface area (Å²) in [6.45, 7) is 4.23. The molecule has 0 radical (unpaired) electrons. The van der Waals surface area contributed by atoms with Gasteiger partial charge in [-0.3, -0.25) is 4.72 Å². The van der Waals surface area contributed by atoms with Crippen molar-refractivity contribution in [2.75, 3.05) is 11.0 Å². The highest BCUT2D eigenvalue weighted by molar-refractivity contribution is 7.99. The van der Waals surface area contributed by atoms with Crippen LogP contribution in [0, 0.1) is 6.92 Å². The van der Waals surface area contributed by atoms with Crippen molar-refractivity contribution in [3.05, 3.63) is 53.7 Å². The Kier molecular flexibility index (Phi) is 5.11. The molecule has 25 heavy (non-hydrogen) atoms. The Labute approximate surface area is 153 Å². The summed E-state index contributed by atoms with van der Waals surface area (Å²) < 4.78 is 25.6. The summed E-state index contributed by atoms with van der Waals surface area (Å²) in [7, 11) is -3.29. The van der Waals surface area contributed by atoms with E-state index in [4.69, 9.17) is 0 Å². The third-order valence-corrected chi connectivity index (χ3v) is 5.89. The summed E-state index contributed by atoms with van der Waals surface area (Å²) in [5.41, 5.74) is 4.02. The molecule has 3 rings (SSSR count). The lowest BCUT2D eigenvalue weighted by atomic mass is 10.1. The van der Waals surface area contributed by atoms with Crippen LogP contribution in [0.25, 0.3) is 10.9 Å². The fraction of sp³-hybridized carbons (Fsp3) is 0.263. The molecule has 0 unspecified atom stereocenters. The number of aryl methyl sites for hydroxylation is 2. The van der Waals surface area contributed by atoms with Gasteiger partial charge >= 0.3 is 0 Å². The third-order valence-electron chi connectivity index (χ3n) is 3.93. The van der Waals surface area contributed by atoms with Crippen LogP contribution < -0.4 is 4.72 Å². The predicted octanol–water partition coefficient (Wildman–Crippen LogP) is 4.95. The van der Waals surface area contributed by atoms with Crippen molar-refractivity contribution >= 4 is 38.4 Å². The number of hydrogen-bond donors (Lipinski definition) is 2. The van der Waals surface area contributed by atoms with Gasteiger partial charge in [0, 0.05) is 32.1 Å². The van der Waals surface area contributed by atoms with Crippen molar-refractivity contribution in [1.82, 2.24) is 4.98 Å². The van der Waals surface area contributed by atoms with Gasteiger partial charge in [0.05, 0.1) is 6.26 Å². The van der Waals surface area contributed by atoms with Crippen LogP contribution in [0.1, 0.15) is 24.6 Å². The molecule has 2 aromatic carbocycles. The normalized spacial score (nSPS) is 11.8. The molecule has 0 atom stereocenters. The Morgan fingerprint density at radius 3 is 2.64 bits per heavy atom. The van der Waals surface area contributed by atoms with Crippen LogP contribution in [0.15, 0.2) is 52.3 Å². The highest BCUT2D eigenvalue weighted by Crippen LogP contribution is 2.39. The Morgan fingerprint density at radius 2 is 1.92 bits per heavy atom. The Hall–Kier alpha value is -1.92. The molecule has 0 aliphatic heterocycles. The summed E-state index contributed by atoms with van der Waals surface area (Å²) in [6.07, 6.45) is 3.31. The zero-order valence-corrected chi connectivity index (χ0v) is 16.2. The second-order valence-electron chi connectivity index (χ2n) is 6.17. The summed E-state index contributed by atoms with van der Waals surface area (Å²) in [5.74, 6) is 0. The molecule has 2 N–H and O–H groups in total. The van der Waals surface area contributed by atoms with E-state index in [2.05, 4.69) is 47.8 Å². The molecule has 0 aliphatic carbocycles. The van der Waals surface area contributed by atoms with E-state index < -0.39 is 10.0 Å². The van der Waals surface area contributed by atoms with E-state index in [-0.39, 0.29) is 0 Å². The number of anilines is 1. The molecule has 1 heterocycles. The molecule has 4 nitrogen and oxygen atoms in total. The highest BCUT2D eigenvalue weighted by Gasteiger charge is 2.13. The maximum atomic E-state index is 11.5. The molecule has 0 aliphatic rings. The zero-order valence-electron chi connectivity index (χ0n) is 14.6. The first kappa shape index (κ1) is 17.9. The van der Waals surface area contributed by atoms with Crippen LogP contribution in [-0.2, 0) is 16.4 Å². The summed E-state index contributed by atoms with van der Waals surface area (Å²) in [5, 5.41) is 1.03. The number of aromatic nitrogens is 1. The first-order valence-corrected chi connectivity index (χ1v) is 10.9. The van der Waals surface area contributed by atoms with E-state index in [1.165, 1.54) is 10.5 Å². The van der Waals surface area contributed by atoms with Crippen molar-refractivity contribution in [3.8, 4) is 0 Å². The van der Waals surface area contributed by atoms with Gasteiger partial charge < -0.3 is 4.98 Å². The second kappa shape index (κ2) is 7.14. The van der Waals surface area contributed by atoms with E-state index in [1.807, 2.05) is 12.1 Å². The lowest BCUT2D eigenvalue weighted by molar-refractivity contribution is 0.607. The van der Waals surface area contributed by atoms with Crippen LogP contribution >= 0.6 is 11.8 Å². The molecular weight excluding hydrogens is 352 g/mol. The molecule has 0 fully saturated rings. The number of sulfonamides is 1. The number of hydrogen-bond acceptors (Lipinski definition) is 3. The molecule has 0 spiro atoms. The van der Waals surface area contributed by atoms with Crippen molar-refractivity contribution in [1.29, 1.82) is 0 Å². The van der Waals surface area contributed by atoms with Gasteiger partial charge in [0.25, 0.3) is 0 Å². The van der Waals surface area contributed by atoms with Gasteiger partial charge in [-0.1, -0.05) is 43.3 Å². The van der Waals surface area contributed by atoms with E-state index >= 15 is 0 Å². The fourth-order valence-electron chi connectivity index (χ4n) is 2.90. The monoisotopic (exact) mass is 374 g/mol. The average molecular weight is 375 g/mol. The number of nitrogens with one attached hydrogen (secondary N) is 2. The maximum absolute atomic E-state index is 11.5.